The summed E-state index contributed by atoms with van der Waals surface area (Å²) >= 11 is 3.31. The van der Waals surface area contributed by atoms with Crippen LogP contribution < -0.4 is 5.32 Å². The first kappa shape index (κ1) is 18.3. The van der Waals surface area contributed by atoms with Gasteiger partial charge in [-0.2, -0.15) is 0 Å². The van der Waals surface area contributed by atoms with Crippen molar-refractivity contribution in [3.8, 4) is 0 Å². The molecule has 1 N–H and O–H groups in total. The fraction of sp³-hybridized carbons (Fsp3) is 0.611. The highest BCUT2D eigenvalue weighted by atomic mass is 79.9. The Hall–Kier alpha value is -1.47. The third-order valence-electron chi connectivity index (χ3n) is 5.06. The summed E-state index contributed by atoms with van der Waals surface area (Å²) in [5.74, 6) is 0.471. The molecule has 7 heteroatoms. The molecular weight excluding hydrogens is 384 g/mol. The number of rotatable bonds is 5. The van der Waals surface area contributed by atoms with Crippen molar-refractivity contribution in [3.63, 3.8) is 0 Å². The second-order valence-electron chi connectivity index (χ2n) is 6.77. The number of piperazine rings is 1. The molecular formula is C18H25BrN4O2. The van der Waals surface area contributed by atoms with E-state index < -0.39 is 0 Å². The number of carbonyl (C=O) groups excluding carboxylic acids is 2. The van der Waals surface area contributed by atoms with Gasteiger partial charge in [0.15, 0.2) is 0 Å². The zero-order chi connectivity index (χ0) is 17.6. The van der Waals surface area contributed by atoms with E-state index in [1.807, 2.05) is 11.0 Å². The fourth-order valence-electron chi connectivity index (χ4n) is 3.55. The molecule has 1 aliphatic heterocycles. The van der Waals surface area contributed by atoms with E-state index in [2.05, 4.69) is 31.1 Å². The van der Waals surface area contributed by atoms with Crippen LogP contribution in [0.3, 0.4) is 0 Å². The SMILES string of the molecule is O=C(NCCN1CCN(C(=O)C2CCCC2)CC1)c1ccc(Br)cn1. The number of aromatic nitrogens is 1. The Kier molecular flexibility index (Phi) is 6.42. The molecule has 2 amide bonds. The average Bonchev–Trinajstić information content (AvgIpc) is 3.17. The number of amides is 2. The van der Waals surface area contributed by atoms with Gasteiger partial charge in [0, 0.05) is 55.9 Å². The van der Waals surface area contributed by atoms with Gasteiger partial charge >= 0.3 is 0 Å². The maximum Gasteiger partial charge on any atom is 0.269 e. The molecule has 1 saturated carbocycles. The van der Waals surface area contributed by atoms with E-state index in [0.29, 0.717) is 18.1 Å². The lowest BCUT2D eigenvalue weighted by molar-refractivity contribution is -0.137. The quantitative estimate of drug-likeness (QED) is 0.807. The van der Waals surface area contributed by atoms with E-state index in [9.17, 15) is 9.59 Å². The van der Waals surface area contributed by atoms with Crippen molar-refractivity contribution < 1.29 is 9.59 Å². The maximum absolute atomic E-state index is 12.4. The van der Waals surface area contributed by atoms with Crippen LogP contribution >= 0.6 is 15.9 Å². The van der Waals surface area contributed by atoms with Crippen LogP contribution in [0.5, 0.6) is 0 Å². The van der Waals surface area contributed by atoms with Gasteiger partial charge in [0.05, 0.1) is 0 Å². The van der Waals surface area contributed by atoms with Gasteiger partial charge in [-0.1, -0.05) is 12.8 Å². The third kappa shape index (κ3) is 5.01. The van der Waals surface area contributed by atoms with E-state index in [4.69, 9.17) is 0 Å². The van der Waals surface area contributed by atoms with Crippen molar-refractivity contribution in [2.45, 2.75) is 25.7 Å². The monoisotopic (exact) mass is 408 g/mol. The molecule has 136 valence electrons. The van der Waals surface area contributed by atoms with Gasteiger partial charge in [0.25, 0.3) is 5.91 Å². The van der Waals surface area contributed by atoms with Crippen molar-refractivity contribution in [2.24, 2.45) is 5.92 Å². The minimum atomic E-state index is -0.150. The Morgan fingerprint density at radius 1 is 1.16 bits per heavy atom. The summed E-state index contributed by atoms with van der Waals surface area (Å²) in [4.78, 5) is 32.9. The summed E-state index contributed by atoms with van der Waals surface area (Å²) in [6.07, 6.45) is 6.15. The third-order valence-corrected chi connectivity index (χ3v) is 5.53. The molecule has 0 aromatic carbocycles. The largest absolute Gasteiger partial charge is 0.349 e. The molecule has 0 bridgehead atoms. The Morgan fingerprint density at radius 2 is 1.88 bits per heavy atom. The van der Waals surface area contributed by atoms with Crippen molar-refractivity contribution in [2.75, 3.05) is 39.3 Å². The molecule has 2 aliphatic rings. The van der Waals surface area contributed by atoms with Crippen LogP contribution in [0.15, 0.2) is 22.8 Å². The molecule has 1 aliphatic carbocycles. The number of carbonyl (C=O) groups is 2. The van der Waals surface area contributed by atoms with E-state index in [1.54, 1.807) is 12.3 Å². The average molecular weight is 409 g/mol. The van der Waals surface area contributed by atoms with Crippen LogP contribution in [-0.2, 0) is 4.79 Å². The van der Waals surface area contributed by atoms with Crippen LogP contribution in [-0.4, -0.2) is 65.9 Å². The molecule has 0 atom stereocenters. The summed E-state index contributed by atoms with van der Waals surface area (Å²) in [5.41, 5.74) is 0.426. The zero-order valence-electron chi connectivity index (χ0n) is 14.4. The molecule has 1 aromatic rings. The van der Waals surface area contributed by atoms with Gasteiger partial charge in [0.2, 0.25) is 5.91 Å². The van der Waals surface area contributed by atoms with E-state index in [1.165, 1.54) is 12.8 Å². The second-order valence-corrected chi connectivity index (χ2v) is 7.68. The summed E-state index contributed by atoms with van der Waals surface area (Å²) in [7, 11) is 0. The Labute approximate surface area is 157 Å². The van der Waals surface area contributed by atoms with E-state index >= 15 is 0 Å². The normalized spacial score (nSPS) is 19.2. The standard InChI is InChI=1S/C18H25BrN4O2/c19-15-5-6-16(21-13-15)17(24)20-7-8-22-9-11-23(12-10-22)18(25)14-3-1-2-4-14/h5-6,13-14H,1-4,7-12H2,(H,20,24). The van der Waals surface area contributed by atoms with Crippen LogP contribution in [0.4, 0.5) is 0 Å². The van der Waals surface area contributed by atoms with Crippen LogP contribution in [0, 0.1) is 5.92 Å². The van der Waals surface area contributed by atoms with Gasteiger partial charge in [0.1, 0.15) is 5.69 Å². The van der Waals surface area contributed by atoms with Gasteiger partial charge in [-0.3, -0.25) is 14.5 Å². The lowest BCUT2D eigenvalue weighted by Gasteiger charge is -2.36. The number of nitrogens with zero attached hydrogens (tertiary/aromatic N) is 3. The minimum Gasteiger partial charge on any atom is -0.349 e. The Morgan fingerprint density at radius 3 is 2.52 bits per heavy atom. The second kappa shape index (κ2) is 8.76. The summed E-state index contributed by atoms with van der Waals surface area (Å²) < 4.78 is 0.856. The first-order valence-corrected chi connectivity index (χ1v) is 9.83. The highest BCUT2D eigenvalue weighted by molar-refractivity contribution is 9.10. The first-order valence-electron chi connectivity index (χ1n) is 9.04. The van der Waals surface area contributed by atoms with Crippen LogP contribution in [0.1, 0.15) is 36.2 Å². The molecule has 2 heterocycles. The van der Waals surface area contributed by atoms with Gasteiger partial charge in [-0.25, -0.2) is 4.98 Å². The van der Waals surface area contributed by atoms with E-state index in [-0.39, 0.29) is 11.8 Å². The number of nitrogens with one attached hydrogen (secondary N) is 1. The van der Waals surface area contributed by atoms with Crippen LogP contribution in [0.2, 0.25) is 0 Å². The summed E-state index contributed by atoms with van der Waals surface area (Å²) in [6.45, 7) is 4.76. The highest BCUT2D eigenvalue weighted by Crippen LogP contribution is 2.26. The minimum absolute atomic E-state index is 0.150. The summed E-state index contributed by atoms with van der Waals surface area (Å²) in [6, 6.07) is 3.51. The van der Waals surface area contributed by atoms with Gasteiger partial charge < -0.3 is 10.2 Å². The zero-order valence-corrected chi connectivity index (χ0v) is 16.0. The predicted molar refractivity (Wildman–Crippen MR) is 99.2 cm³/mol. The molecule has 1 aromatic heterocycles. The highest BCUT2D eigenvalue weighted by Gasteiger charge is 2.29. The number of hydrogen-bond donors (Lipinski definition) is 1. The summed E-state index contributed by atoms with van der Waals surface area (Å²) in [5, 5.41) is 2.91. The lowest BCUT2D eigenvalue weighted by Crippen LogP contribution is -2.51. The van der Waals surface area contributed by atoms with Crippen molar-refractivity contribution in [1.82, 2.24) is 20.1 Å². The molecule has 3 rings (SSSR count). The topological polar surface area (TPSA) is 65.5 Å². The molecule has 0 radical (unpaired) electrons. The first-order chi connectivity index (χ1) is 12.1. The van der Waals surface area contributed by atoms with Crippen molar-refractivity contribution in [3.05, 3.63) is 28.5 Å². The molecule has 1 saturated heterocycles. The van der Waals surface area contributed by atoms with Crippen molar-refractivity contribution >= 4 is 27.7 Å². The molecule has 2 fully saturated rings. The Bertz CT molecular complexity index is 594. The molecule has 0 spiro atoms. The smallest absolute Gasteiger partial charge is 0.269 e. The molecule has 6 nitrogen and oxygen atoms in total. The number of hydrogen-bond acceptors (Lipinski definition) is 4. The lowest BCUT2D eigenvalue weighted by atomic mass is 10.1. The molecule has 25 heavy (non-hydrogen) atoms. The predicted octanol–water partition coefficient (Wildman–Crippen LogP) is 1.91. The maximum atomic E-state index is 12.4. The Balaban J connectivity index is 1.35. The number of halogens is 1. The van der Waals surface area contributed by atoms with Gasteiger partial charge in [-0.05, 0) is 40.9 Å². The van der Waals surface area contributed by atoms with E-state index in [0.717, 1.165) is 50.0 Å². The molecule has 0 unspecified atom stereocenters. The number of pyridine rings is 1. The fourth-order valence-corrected chi connectivity index (χ4v) is 3.79. The van der Waals surface area contributed by atoms with Crippen molar-refractivity contribution in [1.29, 1.82) is 0 Å². The van der Waals surface area contributed by atoms with Crippen LogP contribution in [0.25, 0.3) is 0 Å². The van der Waals surface area contributed by atoms with Gasteiger partial charge in [-0.15, -0.1) is 0 Å².